The first-order valence-electron chi connectivity index (χ1n) is 9.94. The molecule has 3 aromatic rings. The number of nitrogens with zero attached hydrogens (tertiary/aromatic N) is 4. The number of hydrogen-bond acceptors (Lipinski definition) is 6. The number of hydrogen-bond donors (Lipinski definition) is 0. The van der Waals surface area contributed by atoms with Crippen molar-refractivity contribution in [3.05, 3.63) is 59.6 Å². The Morgan fingerprint density at radius 3 is 2.70 bits per heavy atom. The largest absolute Gasteiger partial charge is 0.497 e. The molecule has 1 fully saturated rings. The van der Waals surface area contributed by atoms with E-state index in [9.17, 15) is 8.42 Å². The molecule has 0 unspecified atom stereocenters. The monoisotopic (exact) mass is 430 g/mol. The highest BCUT2D eigenvalue weighted by Crippen LogP contribution is 2.31. The standard InChI is InChI=1S/C21H26N4O4S/c1-15-20(14-24(2)23-15)30(26,27)25-10-4-5-17(13-25)21-22-12-19(29-21)11-16-6-8-18(28-3)9-7-16/h6-9,12,14,17H,4-5,10-11,13H2,1-3H3/t17-/m0/s1. The Morgan fingerprint density at radius 2 is 2.03 bits per heavy atom. The van der Waals surface area contributed by atoms with E-state index in [1.165, 1.54) is 8.99 Å². The first kappa shape index (κ1) is 20.6. The number of aryl methyl sites for hydroxylation is 2. The highest BCUT2D eigenvalue weighted by molar-refractivity contribution is 7.89. The third-order valence-electron chi connectivity index (χ3n) is 5.43. The molecule has 1 aliphatic heterocycles. The lowest BCUT2D eigenvalue weighted by atomic mass is 10.00. The van der Waals surface area contributed by atoms with E-state index >= 15 is 0 Å². The lowest BCUT2D eigenvalue weighted by Crippen LogP contribution is -2.39. The number of methoxy groups -OCH3 is 1. The van der Waals surface area contributed by atoms with Crippen LogP contribution in [0.15, 0.2) is 46.0 Å². The molecule has 0 radical (unpaired) electrons. The molecule has 0 bridgehead atoms. The molecule has 160 valence electrons. The van der Waals surface area contributed by atoms with E-state index in [-0.39, 0.29) is 10.8 Å². The third kappa shape index (κ3) is 4.13. The maximum Gasteiger partial charge on any atom is 0.246 e. The summed E-state index contributed by atoms with van der Waals surface area (Å²) in [5.74, 6) is 2.11. The summed E-state index contributed by atoms with van der Waals surface area (Å²) in [5.41, 5.74) is 1.61. The van der Waals surface area contributed by atoms with Crippen molar-refractivity contribution in [2.24, 2.45) is 7.05 Å². The van der Waals surface area contributed by atoms with Gasteiger partial charge in [0, 0.05) is 38.7 Å². The van der Waals surface area contributed by atoms with Crippen molar-refractivity contribution in [1.82, 2.24) is 19.1 Å². The SMILES string of the molecule is COc1ccc(Cc2cnc([C@H]3CCCN(S(=O)(=O)c4cn(C)nc4C)C3)o2)cc1. The Labute approximate surface area is 176 Å². The molecular formula is C21H26N4O4S. The van der Waals surface area contributed by atoms with E-state index in [0.29, 0.717) is 31.1 Å². The van der Waals surface area contributed by atoms with E-state index < -0.39 is 10.0 Å². The number of sulfonamides is 1. The summed E-state index contributed by atoms with van der Waals surface area (Å²) in [6.45, 7) is 2.57. The molecule has 9 heteroatoms. The molecule has 1 saturated heterocycles. The van der Waals surface area contributed by atoms with E-state index in [2.05, 4.69) is 10.1 Å². The lowest BCUT2D eigenvalue weighted by molar-refractivity contribution is 0.281. The van der Waals surface area contributed by atoms with Gasteiger partial charge in [-0.3, -0.25) is 4.68 Å². The number of ether oxygens (including phenoxy) is 1. The highest BCUT2D eigenvalue weighted by atomic mass is 32.2. The molecule has 2 aromatic heterocycles. The lowest BCUT2D eigenvalue weighted by Gasteiger charge is -2.30. The number of piperidine rings is 1. The van der Waals surface area contributed by atoms with Crippen molar-refractivity contribution in [3.63, 3.8) is 0 Å². The molecule has 4 rings (SSSR count). The fraction of sp³-hybridized carbons (Fsp3) is 0.429. The molecular weight excluding hydrogens is 404 g/mol. The predicted molar refractivity (Wildman–Crippen MR) is 111 cm³/mol. The first-order valence-corrected chi connectivity index (χ1v) is 11.4. The summed E-state index contributed by atoms with van der Waals surface area (Å²) in [4.78, 5) is 4.71. The van der Waals surface area contributed by atoms with Gasteiger partial charge in [-0.25, -0.2) is 13.4 Å². The topological polar surface area (TPSA) is 90.5 Å². The van der Waals surface area contributed by atoms with Crippen molar-refractivity contribution < 1.29 is 17.6 Å². The first-order chi connectivity index (χ1) is 14.4. The maximum atomic E-state index is 13.1. The highest BCUT2D eigenvalue weighted by Gasteiger charge is 2.34. The van der Waals surface area contributed by atoms with Crippen molar-refractivity contribution in [1.29, 1.82) is 0 Å². The van der Waals surface area contributed by atoms with Crippen LogP contribution >= 0.6 is 0 Å². The van der Waals surface area contributed by atoms with Crippen molar-refractivity contribution >= 4 is 10.0 Å². The molecule has 1 aromatic carbocycles. The van der Waals surface area contributed by atoms with Gasteiger partial charge >= 0.3 is 0 Å². The normalized spacial score (nSPS) is 17.9. The van der Waals surface area contributed by atoms with Gasteiger partial charge in [-0.15, -0.1) is 0 Å². The van der Waals surface area contributed by atoms with Crippen LogP contribution in [0.4, 0.5) is 0 Å². The van der Waals surface area contributed by atoms with E-state index in [0.717, 1.165) is 29.9 Å². The Balaban J connectivity index is 1.48. The van der Waals surface area contributed by atoms with Gasteiger partial charge in [0.2, 0.25) is 10.0 Å². The Hall–Kier alpha value is -2.65. The molecule has 0 amide bonds. The fourth-order valence-electron chi connectivity index (χ4n) is 3.87. The molecule has 8 nitrogen and oxygen atoms in total. The summed E-state index contributed by atoms with van der Waals surface area (Å²) >= 11 is 0. The van der Waals surface area contributed by atoms with E-state index in [1.807, 2.05) is 24.3 Å². The van der Waals surface area contributed by atoms with Gasteiger partial charge in [0.1, 0.15) is 16.4 Å². The quantitative estimate of drug-likeness (QED) is 0.597. The van der Waals surface area contributed by atoms with Crippen LogP contribution in [0, 0.1) is 6.92 Å². The second-order valence-electron chi connectivity index (χ2n) is 7.64. The number of benzene rings is 1. The van der Waals surface area contributed by atoms with Crippen molar-refractivity contribution in [2.75, 3.05) is 20.2 Å². The summed E-state index contributed by atoms with van der Waals surface area (Å²) < 4.78 is 40.5. The van der Waals surface area contributed by atoms with Gasteiger partial charge in [-0.2, -0.15) is 9.40 Å². The van der Waals surface area contributed by atoms with Gasteiger partial charge in [-0.1, -0.05) is 12.1 Å². The Bertz CT molecular complexity index is 1120. The van der Waals surface area contributed by atoms with Crippen LogP contribution in [0.5, 0.6) is 5.75 Å². The molecule has 0 aliphatic carbocycles. The zero-order chi connectivity index (χ0) is 21.3. The zero-order valence-electron chi connectivity index (χ0n) is 17.4. The zero-order valence-corrected chi connectivity index (χ0v) is 18.2. The fourth-order valence-corrected chi connectivity index (χ4v) is 5.59. The molecule has 30 heavy (non-hydrogen) atoms. The second-order valence-corrected chi connectivity index (χ2v) is 9.55. The van der Waals surface area contributed by atoms with Crippen LogP contribution in [0.1, 0.15) is 41.7 Å². The van der Waals surface area contributed by atoms with Crippen molar-refractivity contribution in [3.8, 4) is 5.75 Å². The van der Waals surface area contributed by atoms with E-state index in [4.69, 9.17) is 9.15 Å². The molecule has 1 aliphatic rings. The van der Waals surface area contributed by atoms with Crippen LogP contribution < -0.4 is 4.74 Å². The summed E-state index contributed by atoms with van der Waals surface area (Å²) in [6, 6.07) is 7.81. The van der Waals surface area contributed by atoms with Gasteiger partial charge in [0.15, 0.2) is 5.89 Å². The minimum Gasteiger partial charge on any atom is -0.497 e. The van der Waals surface area contributed by atoms with Gasteiger partial charge < -0.3 is 9.15 Å². The Morgan fingerprint density at radius 1 is 1.27 bits per heavy atom. The maximum absolute atomic E-state index is 13.1. The second kappa shape index (κ2) is 8.23. The van der Waals surface area contributed by atoms with Crippen LogP contribution in [-0.4, -0.2) is 47.7 Å². The van der Waals surface area contributed by atoms with Crippen LogP contribution in [0.25, 0.3) is 0 Å². The Kier molecular flexibility index (Phi) is 5.66. The predicted octanol–water partition coefficient (Wildman–Crippen LogP) is 2.88. The van der Waals surface area contributed by atoms with Crippen molar-refractivity contribution in [2.45, 2.75) is 37.0 Å². The average Bonchev–Trinajstić information content (AvgIpc) is 3.35. The molecule has 0 saturated carbocycles. The third-order valence-corrected chi connectivity index (χ3v) is 7.40. The summed E-state index contributed by atoms with van der Waals surface area (Å²) in [6.07, 6.45) is 5.53. The smallest absolute Gasteiger partial charge is 0.246 e. The van der Waals surface area contributed by atoms with E-state index in [1.54, 1.807) is 33.5 Å². The minimum absolute atomic E-state index is 0.0601. The molecule has 3 heterocycles. The van der Waals surface area contributed by atoms with Crippen LogP contribution in [-0.2, 0) is 23.5 Å². The average molecular weight is 431 g/mol. The molecule has 1 atom stereocenters. The summed E-state index contributed by atoms with van der Waals surface area (Å²) in [5, 5.41) is 4.18. The molecule has 0 N–H and O–H groups in total. The van der Waals surface area contributed by atoms with Gasteiger partial charge in [-0.05, 0) is 37.5 Å². The molecule has 0 spiro atoms. The van der Waals surface area contributed by atoms with Crippen LogP contribution in [0.3, 0.4) is 0 Å². The number of oxazole rings is 1. The van der Waals surface area contributed by atoms with Gasteiger partial charge in [0.05, 0.1) is 19.0 Å². The summed E-state index contributed by atoms with van der Waals surface area (Å²) in [7, 11) is -0.228. The van der Waals surface area contributed by atoms with Crippen LogP contribution in [0.2, 0.25) is 0 Å². The number of aromatic nitrogens is 3. The minimum atomic E-state index is -3.59. The number of rotatable bonds is 6. The van der Waals surface area contributed by atoms with Gasteiger partial charge in [0.25, 0.3) is 0 Å².